The first kappa shape index (κ1) is 14.6. The fourth-order valence-corrected chi connectivity index (χ4v) is 1.98. The molecule has 0 fully saturated rings. The Morgan fingerprint density at radius 2 is 1.75 bits per heavy atom. The maximum atomic E-state index is 5.88. The fourth-order valence-electron chi connectivity index (χ4n) is 1.85. The Bertz CT molecular complexity index is 530. The molecule has 0 saturated heterocycles. The molecule has 2 aromatic rings. The Labute approximate surface area is 124 Å². The smallest absolute Gasteiger partial charge is 0.136 e. The third-order valence-corrected chi connectivity index (χ3v) is 2.97. The zero-order valence-electron chi connectivity index (χ0n) is 11.8. The number of hydrogen-bond acceptors (Lipinski definition) is 4. The van der Waals surface area contributed by atoms with Gasteiger partial charge in [0.2, 0.25) is 0 Å². The molecule has 2 rings (SSSR count). The molecule has 106 valence electrons. The van der Waals surface area contributed by atoms with Gasteiger partial charge in [-0.05, 0) is 37.6 Å². The van der Waals surface area contributed by atoms with E-state index >= 15 is 0 Å². The van der Waals surface area contributed by atoms with Crippen molar-refractivity contribution in [1.82, 2.24) is 9.97 Å². The first-order valence-corrected chi connectivity index (χ1v) is 7.23. The van der Waals surface area contributed by atoms with Gasteiger partial charge in [-0.1, -0.05) is 18.5 Å². The molecule has 1 heterocycles. The monoisotopic (exact) mass is 290 g/mol. The number of rotatable bonds is 6. The lowest BCUT2D eigenvalue weighted by Crippen LogP contribution is -2.06. The molecular formula is C15H19ClN4. The van der Waals surface area contributed by atoms with E-state index < -0.39 is 0 Å². The van der Waals surface area contributed by atoms with Crippen LogP contribution < -0.4 is 10.6 Å². The largest absolute Gasteiger partial charge is 0.370 e. The summed E-state index contributed by atoms with van der Waals surface area (Å²) in [5.74, 6) is 2.49. The highest BCUT2D eigenvalue weighted by molar-refractivity contribution is 6.30. The van der Waals surface area contributed by atoms with Gasteiger partial charge >= 0.3 is 0 Å². The van der Waals surface area contributed by atoms with Crippen molar-refractivity contribution in [2.75, 3.05) is 17.2 Å². The van der Waals surface area contributed by atoms with Gasteiger partial charge in [-0.2, -0.15) is 0 Å². The highest BCUT2D eigenvalue weighted by atomic mass is 35.5. The molecule has 0 bridgehead atoms. The number of hydrogen-bond donors (Lipinski definition) is 2. The normalized spacial score (nSPS) is 10.3. The summed E-state index contributed by atoms with van der Waals surface area (Å²) >= 11 is 5.88. The number of anilines is 3. The van der Waals surface area contributed by atoms with Gasteiger partial charge in [0.05, 0.1) is 0 Å². The second-order valence-corrected chi connectivity index (χ2v) is 4.90. The Balaban J connectivity index is 2.22. The second-order valence-electron chi connectivity index (χ2n) is 4.47. The van der Waals surface area contributed by atoms with Crippen LogP contribution in [-0.4, -0.2) is 16.5 Å². The molecule has 5 heteroatoms. The number of nitrogens with one attached hydrogen (secondary N) is 2. The third kappa shape index (κ3) is 4.10. The number of nitrogens with zero attached hydrogens (tertiary/aromatic N) is 2. The number of benzene rings is 1. The predicted octanol–water partition coefficient (Wildman–Crippen LogP) is 4.26. The first-order chi connectivity index (χ1) is 9.71. The van der Waals surface area contributed by atoms with Crippen LogP contribution in [0.25, 0.3) is 0 Å². The molecule has 2 N–H and O–H groups in total. The van der Waals surface area contributed by atoms with E-state index in [2.05, 4.69) is 27.5 Å². The highest BCUT2D eigenvalue weighted by Crippen LogP contribution is 2.19. The van der Waals surface area contributed by atoms with Crippen LogP contribution >= 0.6 is 11.6 Å². The minimum atomic E-state index is 0.721. The summed E-state index contributed by atoms with van der Waals surface area (Å²) in [4.78, 5) is 9.01. The van der Waals surface area contributed by atoms with Gasteiger partial charge in [-0.25, -0.2) is 9.97 Å². The summed E-state index contributed by atoms with van der Waals surface area (Å²) in [5.41, 5.74) is 0.956. The predicted molar refractivity (Wildman–Crippen MR) is 84.9 cm³/mol. The Morgan fingerprint density at radius 3 is 2.40 bits per heavy atom. The van der Waals surface area contributed by atoms with Gasteiger partial charge in [-0.3, -0.25) is 0 Å². The van der Waals surface area contributed by atoms with Crippen molar-refractivity contribution in [3.63, 3.8) is 0 Å². The average molecular weight is 291 g/mol. The van der Waals surface area contributed by atoms with Crippen LogP contribution in [0.5, 0.6) is 0 Å². The minimum absolute atomic E-state index is 0.721. The van der Waals surface area contributed by atoms with E-state index in [1.807, 2.05) is 37.3 Å². The lowest BCUT2D eigenvalue weighted by molar-refractivity contribution is 0.837. The number of aromatic nitrogens is 2. The molecule has 0 aliphatic rings. The second kappa shape index (κ2) is 7.10. The van der Waals surface area contributed by atoms with Crippen molar-refractivity contribution in [3.8, 4) is 0 Å². The molecule has 0 unspecified atom stereocenters. The molecule has 0 aliphatic heterocycles. The molecule has 0 aliphatic carbocycles. The number of aryl methyl sites for hydroxylation is 1. The topological polar surface area (TPSA) is 49.8 Å². The molecule has 0 spiro atoms. The maximum absolute atomic E-state index is 5.88. The molecule has 0 atom stereocenters. The molecule has 1 aromatic heterocycles. The highest BCUT2D eigenvalue weighted by Gasteiger charge is 2.04. The van der Waals surface area contributed by atoms with Crippen molar-refractivity contribution in [3.05, 3.63) is 41.2 Å². The van der Waals surface area contributed by atoms with Crippen LogP contribution in [0.15, 0.2) is 30.3 Å². The zero-order valence-corrected chi connectivity index (χ0v) is 12.5. The van der Waals surface area contributed by atoms with Crippen molar-refractivity contribution >= 4 is 28.9 Å². The fraction of sp³-hybridized carbons (Fsp3) is 0.333. The van der Waals surface area contributed by atoms with E-state index in [1.54, 1.807) is 0 Å². The lowest BCUT2D eigenvalue weighted by atomic mass is 10.3. The van der Waals surface area contributed by atoms with Crippen molar-refractivity contribution in [1.29, 1.82) is 0 Å². The first-order valence-electron chi connectivity index (χ1n) is 6.85. The van der Waals surface area contributed by atoms with Gasteiger partial charge < -0.3 is 10.6 Å². The zero-order chi connectivity index (χ0) is 14.4. The lowest BCUT2D eigenvalue weighted by Gasteiger charge is -2.10. The summed E-state index contributed by atoms with van der Waals surface area (Å²) in [7, 11) is 0. The standard InChI is InChI=1S/C15H19ClN4/c1-3-5-13-19-14(17-4-2)10-15(20-13)18-12-8-6-11(16)7-9-12/h6-10H,3-5H2,1-2H3,(H2,17,18,19,20). The number of halogens is 1. The van der Waals surface area contributed by atoms with Gasteiger partial charge in [0.25, 0.3) is 0 Å². The summed E-state index contributed by atoms with van der Waals surface area (Å²) in [6, 6.07) is 9.47. The molecule has 0 amide bonds. The average Bonchev–Trinajstić information content (AvgIpc) is 2.42. The molecule has 0 saturated carbocycles. The van der Waals surface area contributed by atoms with E-state index in [9.17, 15) is 0 Å². The quantitative estimate of drug-likeness (QED) is 0.835. The van der Waals surface area contributed by atoms with E-state index in [1.165, 1.54) is 0 Å². The van der Waals surface area contributed by atoms with Gasteiger partial charge in [0.15, 0.2) is 0 Å². The molecule has 20 heavy (non-hydrogen) atoms. The van der Waals surface area contributed by atoms with Gasteiger partial charge in [0.1, 0.15) is 17.5 Å². The Hall–Kier alpha value is -1.81. The van der Waals surface area contributed by atoms with Crippen molar-refractivity contribution < 1.29 is 0 Å². The van der Waals surface area contributed by atoms with Crippen LogP contribution in [0.1, 0.15) is 26.1 Å². The van der Waals surface area contributed by atoms with E-state index in [4.69, 9.17) is 11.6 Å². The SMILES string of the molecule is CCCc1nc(NCC)cc(Nc2ccc(Cl)cc2)n1. The molecule has 4 nitrogen and oxygen atoms in total. The van der Waals surface area contributed by atoms with Crippen LogP contribution in [0, 0.1) is 0 Å². The third-order valence-electron chi connectivity index (χ3n) is 2.72. The Kier molecular flexibility index (Phi) is 5.18. The summed E-state index contributed by atoms with van der Waals surface area (Å²) in [6.07, 6.45) is 1.89. The summed E-state index contributed by atoms with van der Waals surface area (Å²) in [6.45, 7) is 5.01. The molecule has 1 aromatic carbocycles. The summed E-state index contributed by atoms with van der Waals surface area (Å²) < 4.78 is 0. The van der Waals surface area contributed by atoms with Crippen LogP contribution in [0.4, 0.5) is 17.3 Å². The van der Waals surface area contributed by atoms with Crippen LogP contribution in [0.2, 0.25) is 5.02 Å². The van der Waals surface area contributed by atoms with Gasteiger partial charge in [-0.15, -0.1) is 0 Å². The van der Waals surface area contributed by atoms with E-state index in [0.717, 1.165) is 47.6 Å². The van der Waals surface area contributed by atoms with E-state index in [-0.39, 0.29) is 0 Å². The van der Waals surface area contributed by atoms with Crippen LogP contribution in [-0.2, 0) is 6.42 Å². The summed E-state index contributed by atoms with van der Waals surface area (Å²) in [5, 5.41) is 7.23. The van der Waals surface area contributed by atoms with Gasteiger partial charge in [0, 0.05) is 29.7 Å². The van der Waals surface area contributed by atoms with Crippen molar-refractivity contribution in [2.45, 2.75) is 26.7 Å². The van der Waals surface area contributed by atoms with Crippen LogP contribution in [0.3, 0.4) is 0 Å². The van der Waals surface area contributed by atoms with E-state index in [0.29, 0.717) is 0 Å². The maximum Gasteiger partial charge on any atom is 0.136 e. The minimum Gasteiger partial charge on any atom is -0.370 e. The molecular weight excluding hydrogens is 272 g/mol. The Morgan fingerprint density at radius 1 is 1.05 bits per heavy atom. The molecule has 0 radical (unpaired) electrons. The van der Waals surface area contributed by atoms with Crippen molar-refractivity contribution in [2.24, 2.45) is 0 Å².